The van der Waals surface area contributed by atoms with Crippen LogP contribution < -0.4 is 5.32 Å². The molecule has 0 bridgehead atoms. The second-order valence-electron chi connectivity index (χ2n) is 8.25. The maximum atomic E-state index is 13.7. The first-order valence-electron chi connectivity index (χ1n) is 9.51. The van der Waals surface area contributed by atoms with Crippen molar-refractivity contribution in [3.05, 3.63) is 64.2 Å². The molecule has 1 saturated carbocycles. The van der Waals surface area contributed by atoms with Gasteiger partial charge in [-0.1, -0.05) is 11.6 Å². The average Bonchev–Trinajstić information content (AvgIpc) is 2.64. The zero-order valence-electron chi connectivity index (χ0n) is 16.9. The van der Waals surface area contributed by atoms with E-state index in [-0.39, 0.29) is 29.5 Å². The van der Waals surface area contributed by atoms with Gasteiger partial charge in [-0.15, -0.1) is 0 Å². The summed E-state index contributed by atoms with van der Waals surface area (Å²) in [4.78, 5) is 11.5. The Kier molecular flexibility index (Phi) is 6.34. The third-order valence-electron chi connectivity index (χ3n) is 5.84. The van der Waals surface area contributed by atoms with Gasteiger partial charge in [-0.2, -0.15) is 13.2 Å². The first kappa shape index (κ1) is 24.4. The molecule has 0 radical (unpaired) electrons. The lowest BCUT2D eigenvalue weighted by Crippen LogP contribution is -2.53. The summed E-state index contributed by atoms with van der Waals surface area (Å²) in [6.45, 7) is 2.72. The lowest BCUT2D eigenvalue weighted by atomic mass is 9.73. The Bertz CT molecular complexity index is 1160. The van der Waals surface area contributed by atoms with Crippen LogP contribution in [0.1, 0.15) is 42.6 Å². The van der Waals surface area contributed by atoms with Crippen LogP contribution in [0.3, 0.4) is 0 Å². The van der Waals surface area contributed by atoms with Gasteiger partial charge in [0.1, 0.15) is 11.6 Å². The summed E-state index contributed by atoms with van der Waals surface area (Å²) in [5.41, 5.74) is -1.34. The fourth-order valence-corrected chi connectivity index (χ4v) is 5.52. The molecule has 0 spiro atoms. The quantitative estimate of drug-likeness (QED) is 0.565. The third kappa shape index (κ3) is 4.61. The Morgan fingerprint density at radius 1 is 1.06 bits per heavy atom. The number of sulfone groups is 1. The molecule has 1 aliphatic carbocycles. The molecule has 1 amide bonds. The van der Waals surface area contributed by atoms with E-state index in [4.69, 9.17) is 11.6 Å². The van der Waals surface area contributed by atoms with E-state index in [9.17, 15) is 35.2 Å². The van der Waals surface area contributed by atoms with Crippen LogP contribution in [0.15, 0.2) is 41.3 Å². The number of carbonyl (C=O) groups excluding carboxylic acids is 1. The number of alkyl halides is 3. The summed E-state index contributed by atoms with van der Waals surface area (Å²) >= 11 is 5.59. The molecule has 0 atom stereocenters. The smallest absolute Gasteiger partial charge is 0.349 e. The van der Waals surface area contributed by atoms with Crippen LogP contribution in [0.4, 0.5) is 22.0 Å². The van der Waals surface area contributed by atoms with E-state index in [1.165, 1.54) is 26.0 Å². The Labute approximate surface area is 186 Å². The highest BCUT2D eigenvalue weighted by Crippen LogP contribution is 2.44. The van der Waals surface area contributed by atoms with E-state index in [0.717, 1.165) is 6.07 Å². The minimum atomic E-state index is -4.90. The van der Waals surface area contributed by atoms with Crippen molar-refractivity contribution >= 4 is 27.3 Å². The summed E-state index contributed by atoms with van der Waals surface area (Å²) in [6, 6.07) is 4.38. The molecule has 2 aromatic carbocycles. The molecule has 11 heteroatoms. The fourth-order valence-electron chi connectivity index (χ4n) is 3.61. The lowest BCUT2D eigenvalue weighted by Gasteiger charge is -2.45. The van der Waals surface area contributed by atoms with Crippen molar-refractivity contribution in [2.75, 3.05) is 0 Å². The Balaban J connectivity index is 1.73. The van der Waals surface area contributed by atoms with Crippen molar-refractivity contribution in [1.29, 1.82) is 0 Å². The molecule has 1 N–H and O–H groups in total. The number of hydrogen-bond acceptors (Lipinski definition) is 3. The van der Waals surface area contributed by atoms with Gasteiger partial charge in [0.15, 0.2) is 9.84 Å². The molecule has 0 saturated heterocycles. The van der Waals surface area contributed by atoms with Crippen molar-refractivity contribution in [3.63, 3.8) is 0 Å². The number of hydrogen-bond donors (Lipinski definition) is 1. The normalized spacial score (nSPS) is 19.4. The summed E-state index contributed by atoms with van der Waals surface area (Å²) < 4.78 is 90.9. The summed E-state index contributed by atoms with van der Waals surface area (Å²) in [5, 5.41) is 2.52. The van der Waals surface area contributed by atoms with Gasteiger partial charge in [0.2, 0.25) is 0 Å². The molecule has 32 heavy (non-hydrogen) atoms. The first-order valence-corrected chi connectivity index (χ1v) is 11.4. The maximum Gasteiger partial charge on any atom is 0.416 e. The zero-order chi connectivity index (χ0) is 24.1. The van der Waals surface area contributed by atoms with Gasteiger partial charge in [-0.25, -0.2) is 17.2 Å². The Morgan fingerprint density at radius 2 is 1.69 bits per heavy atom. The maximum absolute atomic E-state index is 13.7. The number of carbonyl (C=O) groups is 1. The third-order valence-corrected chi connectivity index (χ3v) is 8.72. The predicted molar refractivity (Wildman–Crippen MR) is 108 cm³/mol. The fraction of sp³-hybridized carbons (Fsp3) is 0.381. The van der Waals surface area contributed by atoms with Crippen LogP contribution >= 0.6 is 11.6 Å². The van der Waals surface area contributed by atoms with Crippen LogP contribution in [0.25, 0.3) is 0 Å². The van der Waals surface area contributed by atoms with Gasteiger partial charge in [0.05, 0.1) is 20.2 Å². The summed E-state index contributed by atoms with van der Waals surface area (Å²) in [6.07, 6.45) is -4.44. The van der Waals surface area contributed by atoms with Crippen LogP contribution in [0.2, 0.25) is 5.02 Å². The van der Waals surface area contributed by atoms with Crippen LogP contribution in [0.5, 0.6) is 0 Å². The van der Waals surface area contributed by atoms with Crippen LogP contribution in [-0.2, 0) is 16.0 Å². The highest BCUT2D eigenvalue weighted by molar-refractivity contribution is 7.92. The molecule has 2 aromatic rings. The van der Waals surface area contributed by atoms with E-state index >= 15 is 0 Å². The second-order valence-corrected chi connectivity index (χ2v) is 11.2. The number of benzene rings is 2. The van der Waals surface area contributed by atoms with Crippen molar-refractivity contribution in [2.24, 2.45) is 5.92 Å². The van der Waals surface area contributed by atoms with Gasteiger partial charge in [-0.05, 0) is 69.0 Å². The van der Waals surface area contributed by atoms with Crippen molar-refractivity contribution in [3.8, 4) is 0 Å². The van der Waals surface area contributed by atoms with Gasteiger partial charge in [-0.3, -0.25) is 4.79 Å². The van der Waals surface area contributed by atoms with E-state index < -0.39 is 60.7 Å². The first-order chi connectivity index (χ1) is 14.6. The molecule has 0 heterocycles. The summed E-state index contributed by atoms with van der Waals surface area (Å²) in [7, 11) is -4.34. The Morgan fingerprint density at radius 3 is 2.25 bits per heavy atom. The molecule has 1 aliphatic rings. The average molecular weight is 496 g/mol. The standard InChI is InChI=1S/C21H19ClF5NO3S/c1-20(2,32(30,31)16-9-13(21(25,26)27)6-14(23)10-16)12-7-15(8-12)28-19(29)11-3-4-17(22)18(24)5-11/h3-6,9-10,12,15H,7-8H2,1-2H3,(H,28,29). The molecule has 0 unspecified atom stereocenters. The molecule has 3 rings (SSSR count). The molecule has 0 aromatic heterocycles. The van der Waals surface area contributed by atoms with Crippen LogP contribution in [-0.4, -0.2) is 25.1 Å². The number of nitrogens with one attached hydrogen (secondary N) is 1. The molecule has 4 nitrogen and oxygen atoms in total. The van der Waals surface area contributed by atoms with Crippen molar-refractivity contribution < 1.29 is 35.2 Å². The van der Waals surface area contributed by atoms with E-state index in [1.54, 1.807) is 0 Å². The Hall–Kier alpha value is -2.20. The number of amides is 1. The largest absolute Gasteiger partial charge is 0.416 e. The molecular formula is C21H19ClF5NO3S. The monoisotopic (exact) mass is 495 g/mol. The molecular weight excluding hydrogens is 477 g/mol. The van der Waals surface area contributed by atoms with Crippen molar-refractivity contribution in [1.82, 2.24) is 5.32 Å². The molecule has 0 aliphatic heterocycles. The van der Waals surface area contributed by atoms with Gasteiger partial charge < -0.3 is 5.32 Å². The lowest BCUT2D eigenvalue weighted by molar-refractivity contribution is -0.137. The minimum absolute atomic E-state index is 0.0432. The molecule has 1 fully saturated rings. The van der Waals surface area contributed by atoms with Gasteiger partial charge >= 0.3 is 6.18 Å². The van der Waals surface area contributed by atoms with Gasteiger partial charge in [0, 0.05) is 11.6 Å². The SMILES string of the molecule is CC(C)(C1CC(NC(=O)c2ccc(Cl)c(F)c2)C1)S(=O)(=O)c1cc(F)cc(C(F)(F)F)c1. The van der Waals surface area contributed by atoms with Crippen molar-refractivity contribution in [2.45, 2.75) is 48.5 Å². The van der Waals surface area contributed by atoms with E-state index in [0.29, 0.717) is 12.1 Å². The van der Waals surface area contributed by atoms with Gasteiger partial charge in [0.25, 0.3) is 5.91 Å². The van der Waals surface area contributed by atoms with E-state index in [2.05, 4.69) is 5.32 Å². The predicted octanol–water partition coefficient (Wildman–Crippen LogP) is 5.40. The second kappa shape index (κ2) is 8.30. The zero-order valence-corrected chi connectivity index (χ0v) is 18.5. The van der Waals surface area contributed by atoms with E-state index in [1.807, 2.05) is 0 Å². The highest BCUT2D eigenvalue weighted by Gasteiger charge is 2.49. The highest BCUT2D eigenvalue weighted by atomic mass is 35.5. The van der Waals surface area contributed by atoms with Crippen LogP contribution in [0, 0.1) is 17.6 Å². The molecule has 174 valence electrons. The number of rotatable bonds is 5. The number of halogens is 6. The summed E-state index contributed by atoms with van der Waals surface area (Å²) in [5.74, 6) is -3.13. The topological polar surface area (TPSA) is 63.2 Å². The minimum Gasteiger partial charge on any atom is -0.349 e.